The van der Waals surface area contributed by atoms with E-state index in [1.165, 1.54) is 0 Å². The van der Waals surface area contributed by atoms with E-state index in [1.807, 2.05) is 6.07 Å². The Balaban J connectivity index is 3.06. The van der Waals surface area contributed by atoms with Crippen LogP contribution in [0.2, 0.25) is 15.1 Å². The molecule has 0 saturated heterocycles. The van der Waals surface area contributed by atoms with E-state index >= 15 is 0 Å². The molecule has 0 saturated carbocycles. The van der Waals surface area contributed by atoms with Crippen LogP contribution in [0.1, 0.15) is 44.6 Å². The van der Waals surface area contributed by atoms with Crippen LogP contribution in [-0.2, 0) is 0 Å². The fraction of sp³-hybridized carbons (Fsp3) is 0.500. The molecule has 1 aromatic carbocycles. The largest absolute Gasteiger partial charge is 0.0840 e. The molecule has 1 aromatic rings. The van der Waals surface area contributed by atoms with Crippen LogP contribution in [0, 0.1) is 0 Å². The normalized spacial score (nSPS) is 12.9. The lowest BCUT2D eigenvalue weighted by Gasteiger charge is -2.16. The molecule has 1 atom stereocenters. The second-order valence-corrected chi connectivity index (χ2v) is 4.90. The Morgan fingerprint density at radius 1 is 1.00 bits per heavy atom. The molecular formula is C12H15Cl3. The topological polar surface area (TPSA) is 0 Å². The molecule has 0 aliphatic heterocycles. The Labute approximate surface area is 107 Å². The van der Waals surface area contributed by atoms with Gasteiger partial charge in [-0.1, -0.05) is 55.1 Å². The standard InChI is InChI=1S/C12H15Cl3/c1-3-5-8(4-2)9-6-11(14)12(15)7-10(9)13/h6-8H,3-5H2,1-2H3. The molecule has 0 aliphatic carbocycles. The Morgan fingerprint density at radius 2 is 1.60 bits per heavy atom. The van der Waals surface area contributed by atoms with Crippen molar-refractivity contribution in [1.82, 2.24) is 0 Å². The molecule has 1 unspecified atom stereocenters. The summed E-state index contributed by atoms with van der Waals surface area (Å²) >= 11 is 18.1. The molecule has 0 fully saturated rings. The van der Waals surface area contributed by atoms with Gasteiger partial charge in [0.1, 0.15) is 0 Å². The van der Waals surface area contributed by atoms with Gasteiger partial charge in [-0.3, -0.25) is 0 Å². The third-order valence-corrected chi connectivity index (χ3v) is 3.66. The maximum Gasteiger partial charge on any atom is 0.0607 e. The van der Waals surface area contributed by atoms with E-state index in [2.05, 4.69) is 13.8 Å². The first-order valence-corrected chi connectivity index (χ1v) is 6.37. The maximum absolute atomic E-state index is 6.17. The van der Waals surface area contributed by atoms with E-state index in [4.69, 9.17) is 34.8 Å². The first-order chi connectivity index (χ1) is 7.10. The summed E-state index contributed by atoms with van der Waals surface area (Å²) < 4.78 is 0. The van der Waals surface area contributed by atoms with Gasteiger partial charge in [0.05, 0.1) is 10.0 Å². The highest BCUT2D eigenvalue weighted by molar-refractivity contribution is 6.43. The zero-order chi connectivity index (χ0) is 11.4. The minimum atomic E-state index is 0.484. The summed E-state index contributed by atoms with van der Waals surface area (Å²) in [5, 5.41) is 1.84. The molecular weight excluding hydrogens is 250 g/mol. The summed E-state index contributed by atoms with van der Waals surface area (Å²) in [5.74, 6) is 0.484. The summed E-state index contributed by atoms with van der Waals surface area (Å²) in [5.41, 5.74) is 1.12. The van der Waals surface area contributed by atoms with Crippen molar-refractivity contribution < 1.29 is 0 Å². The zero-order valence-corrected chi connectivity index (χ0v) is 11.3. The molecule has 3 heteroatoms. The van der Waals surface area contributed by atoms with Crippen LogP contribution in [0.25, 0.3) is 0 Å². The van der Waals surface area contributed by atoms with Gasteiger partial charge in [-0.05, 0) is 36.5 Å². The fourth-order valence-corrected chi connectivity index (χ4v) is 2.49. The lowest BCUT2D eigenvalue weighted by atomic mass is 9.92. The predicted octanol–water partition coefficient (Wildman–Crippen LogP) is 5.94. The first kappa shape index (κ1) is 13.2. The minimum absolute atomic E-state index is 0.484. The van der Waals surface area contributed by atoms with Crippen molar-refractivity contribution in [3.8, 4) is 0 Å². The molecule has 0 heterocycles. The zero-order valence-electron chi connectivity index (χ0n) is 8.99. The van der Waals surface area contributed by atoms with Crippen LogP contribution >= 0.6 is 34.8 Å². The Kier molecular flexibility index (Phi) is 5.25. The number of benzene rings is 1. The van der Waals surface area contributed by atoms with Crippen LogP contribution in [0.15, 0.2) is 12.1 Å². The van der Waals surface area contributed by atoms with Gasteiger partial charge in [0.2, 0.25) is 0 Å². The summed E-state index contributed by atoms with van der Waals surface area (Å²) in [6, 6.07) is 3.63. The maximum atomic E-state index is 6.17. The van der Waals surface area contributed by atoms with Crippen LogP contribution in [-0.4, -0.2) is 0 Å². The molecule has 0 aliphatic rings. The molecule has 0 nitrogen and oxygen atoms in total. The van der Waals surface area contributed by atoms with Gasteiger partial charge in [-0.15, -0.1) is 0 Å². The lowest BCUT2D eigenvalue weighted by molar-refractivity contribution is 0.596. The Bertz CT molecular complexity index is 334. The highest BCUT2D eigenvalue weighted by Crippen LogP contribution is 2.36. The van der Waals surface area contributed by atoms with Gasteiger partial charge in [0, 0.05) is 5.02 Å². The van der Waals surface area contributed by atoms with E-state index in [-0.39, 0.29) is 0 Å². The van der Waals surface area contributed by atoms with Gasteiger partial charge < -0.3 is 0 Å². The summed E-state index contributed by atoms with van der Waals surface area (Å²) in [4.78, 5) is 0. The Hall–Kier alpha value is 0.0900. The van der Waals surface area contributed by atoms with Crippen LogP contribution in [0.5, 0.6) is 0 Å². The van der Waals surface area contributed by atoms with Crippen molar-refractivity contribution in [2.75, 3.05) is 0 Å². The number of hydrogen-bond donors (Lipinski definition) is 0. The molecule has 84 valence electrons. The smallest absolute Gasteiger partial charge is 0.0607 e. The monoisotopic (exact) mass is 264 g/mol. The molecule has 0 radical (unpaired) electrons. The van der Waals surface area contributed by atoms with E-state index < -0.39 is 0 Å². The van der Waals surface area contributed by atoms with Crippen LogP contribution < -0.4 is 0 Å². The first-order valence-electron chi connectivity index (χ1n) is 5.24. The van der Waals surface area contributed by atoms with E-state index in [1.54, 1.807) is 6.07 Å². The molecule has 0 amide bonds. The van der Waals surface area contributed by atoms with Crippen molar-refractivity contribution in [2.24, 2.45) is 0 Å². The molecule has 15 heavy (non-hydrogen) atoms. The minimum Gasteiger partial charge on any atom is -0.0840 e. The van der Waals surface area contributed by atoms with Crippen LogP contribution in [0.4, 0.5) is 0 Å². The van der Waals surface area contributed by atoms with Gasteiger partial charge in [-0.2, -0.15) is 0 Å². The van der Waals surface area contributed by atoms with E-state index in [0.717, 1.165) is 29.8 Å². The molecule has 0 N–H and O–H groups in total. The molecule has 1 rings (SSSR count). The number of hydrogen-bond acceptors (Lipinski definition) is 0. The van der Waals surface area contributed by atoms with Crippen LogP contribution in [0.3, 0.4) is 0 Å². The van der Waals surface area contributed by atoms with Crippen molar-refractivity contribution in [1.29, 1.82) is 0 Å². The molecule has 0 bridgehead atoms. The van der Waals surface area contributed by atoms with Gasteiger partial charge in [-0.25, -0.2) is 0 Å². The Morgan fingerprint density at radius 3 is 2.13 bits per heavy atom. The number of halogens is 3. The van der Waals surface area contributed by atoms with Gasteiger partial charge in [0.15, 0.2) is 0 Å². The van der Waals surface area contributed by atoms with E-state index in [9.17, 15) is 0 Å². The third-order valence-electron chi connectivity index (χ3n) is 2.61. The van der Waals surface area contributed by atoms with Crippen molar-refractivity contribution in [3.05, 3.63) is 32.8 Å². The van der Waals surface area contributed by atoms with Gasteiger partial charge in [0.25, 0.3) is 0 Å². The molecule has 0 aromatic heterocycles. The average molecular weight is 266 g/mol. The average Bonchev–Trinajstić information content (AvgIpc) is 2.20. The second kappa shape index (κ2) is 5.98. The lowest BCUT2D eigenvalue weighted by Crippen LogP contribution is -1.98. The SMILES string of the molecule is CCCC(CC)c1cc(Cl)c(Cl)cc1Cl. The molecule has 0 spiro atoms. The van der Waals surface area contributed by atoms with Crippen molar-refractivity contribution >= 4 is 34.8 Å². The number of rotatable bonds is 4. The van der Waals surface area contributed by atoms with Crippen molar-refractivity contribution in [2.45, 2.75) is 39.0 Å². The second-order valence-electron chi connectivity index (χ2n) is 3.68. The highest BCUT2D eigenvalue weighted by atomic mass is 35.5. The highest BCUT2D eigenvalue weighted by Gasteiger charge is 2.14. The summed E-state index contributed by atoms with van der Waals surface area (Å²) in [7, 11) is 0. The van der Waals surface area contributed by atoms with E-state index in [0.29, 0.717) is 16.0 Å². The summed E-state index contributed by atoms with van der Waals surface area (Å²) in [6.07, 6.45) is 3.36. The van der Waals surface area contributed by atoms with Gasteiger partial charge >= 0.3 is 0 Å². The predicted molar refractivity (Wildman–Crippen MR) is 69.4 cm³/mol. The van der Waals surface area contributed by atoms with Crippen molar-refractivity contribution in [3.63, 3.8) is 0 Å². The summed E-state index contributed by atoms with van der Waals surface area (Å²) in [6.45, 7) is 4.34. The quantitative estimate of drug-likeness (QED) is 0.591. The fourth-order valence-electron chi connectivity index (χ4n) is 1.78. The third kappa shape index (κ3) is 3.27.